The van der Waals surface area contributed by atoms with Gasteiger partial charge in [0.2, 0.25) is 0 Å². The molecule has 1 aliphatic heterocycles. The molecule has 0 aromatic heterocycles. The number of hydrogen-bond donors (Lipinski definition) is 1. The quantitative estimate of drug-likeness (QED) is 0.884. The number of halogens is 1. The van der Waals surface area contributed by atoms with Gasteiger partial charge in [-0.2, -0.15) is 0 Å². The van der Waals surface area contributed by atoms with Gasteiger partial charge in [-0.05, 0) is 54.5 Å². The molecule has 19 heavy (non-hydrogen) atoms. The lowest BCUT2D eigenvalue weighted by Gasteiger charge is -2.26. The molecule has 0 radical (unpaired) electrons. The summed E-state index contributed by atoms with van der Waals surface area (Å²) in [7, 11) is 0. The standard InChI is InChI=1S/C16H25FN2/c1-3-16(4-2)5-6-19(12-16)11-14-7-13(10-18)8-15(17)9-14/h7-9H,3-6,10-12,18H2,1-2H3. The third-order valence-electron chi connectivity index (χ3n) is 4.68. The highest BCUT2D eigenvalue weighted by atomic mass is 19.1. The first-order chi connectivity index (χ1) is 9.10. The summed E-state index contributed by atoms with van der Waals surface area (Å²) >= 11 is 0. The molecule has 0 unspecified atom stereocenters. The molecule has 0 bridgehead atoms. The number of rotatable bonds is 5. The van der Waals surface area contributed by atoms with Crippen molar-refractivity contribution in [1.29, 1.82) is 0 Å². The zero-order valence-corrected chi connectivity index (χ0v) is 12.1. The molecule has 106 valence electrons. The summed E-state index contributed by atoms with van der Waals surface area (Å²) in [6, 6.07) is 5.19. The van der Waals surface area contributed by atoms with Crippen LogP contribution >= 0.6 is 0 Å². The van der Waals surface area contributed by atoms with E-state index in [1.165, 1.54) is 25.3 Å². The average molecular weight is 264 g/mol. The molecular formula is C16H25FN2. The molecule has 1 aromatic rings. The average Bonchev–Trinajstić information content (AvgIpc) is 2.82. The fourth-order valence-electron chi connectivity index (χ4n) is 3.17. The third-order valence-corrected chi connectivity index (χ3v) is 4.68. The van der Waals surface area contributed by atoms with Crippen molar-refractivity contribution >= 4 is 0 Å². The molecule has 2 nitrogen and oxygen atoms in total. The SMILES string of the molecule is CCC1(CC)CCN(Cc2cc(F)cc(CN)c2)C1. The molecular weight excluding hydrogens is 239 g/mol. The summed E-state index contributed by atoms with van der Waals surface area (Å²) in [5.41, 5.74) is 8.00. The molecule has 1 fully saturated rings. The minimum absolute atomic E-state index is 0.172. The monoisotopic (exact) mass is 264 g/mol. The van der Waals surface area contributed by atoms with E-state index in [9.17, 15) is 4.39 Å². The third kappa shape index (κ3) is 3.34. The van der Waals surface area contributed by atoms with Crippen molar-refractivity contribution in [2.24, 2.45) is 11.1 Å². The summed E-state index contributed by atoms with van der Waals surface area (Å²) in [6.45, 7) is 8.05. The Labute approximate surface area is 115 Å². The van der Waals surface area contributed by atoms with Crippen molar-refractivity contribution in [1.82, 2.24) is 4.90 Å². The van der Waals surface area contributed by atoms with E-state index in [1.54, 1.807) is 6.07 Å². The van der Waals surface area contributed by atoms with E-state index in [0.29, 0.717) is 12.0 Å². The smallest absolute Gasteiger partial charge is 0.123 e. The number of nitrogens with two attached hydrogens (primary N) is 1. The topological polar surface area (TPSA) is 29.3 Å². The van der Waals surface area contributed by atoms with Crippen molar-refractivity contribution in [3.63, 3.8) is 0 Å². The number of hydrogen-bond acceptors (Lipinski definition) is 2. The van der Waals surface area contributed by atoms with E-state index >= 15 is 0 Å². The lowest BCUT2D eigenvalue weighted by atomic mass is 9.82. The van der Waals surface area contributed by atoms with E-state index < -0.39 is 0 Å². The van der Waals surface area contributed by atoms with Crippen LogP contribution in [0.4, 0.5) is 4.39 Å². The normalized spacial score (nSPS) is 18.9. The second kappa shape index (κ2) is 6.02. The first-order valence-electron chi connectivity index (χ1n) is 7.31. The maximum Gasteiger partial charge on any atom is 0.123 e. The van der Waals surface area contributed by atoms with Crippen LogP contribution in [0.2, 0.25) is 0 Å². The molecule has 0 saturated carbocycles. The molecule has 0 spiro atoms. The van der Waals surface area contributed by atoms with Gasteiger partial charge in [0.25, 0.3) is 0 Å². The van der Waals surface area contributed by atoms with Crippen LogP contribution in [0.15, 0.2) is 18.2 Å². The van der Waals surface area contributed by atoms with Gasteiger partial charge in [0, 0.05) is 19.6 Å². The van der Waals surface area contributed by atoms with Crippen molar-refractivity contribution in [2.75, 3.05) is 13.1 Å². The highest BCUT2D eigenvalue weighted by Crippen LogP contribution is 2.37. The van der Waals surface area contributed by atoms with E-state index in [-0.39, 0.29) is 5.82 Å². The Hall–Kier alpha value is -0.930. The van der Waals surface area contributed by atoms with E-state index in [1.807, 2.05) is 6.07 Å². The van der Waals surface area contributed by atoms with Gasteiger partial charge in [-0.15, -0.1) is 0 Å². The van der Waals surface area contributed by atoms with Gasteiger partial charge < -0.3 is 5.73 Å². The molecule has 2 N–H and O–H groups in total. The lowest BCUT2D eigenvalue weighted by Crippen LogP contribution is -2.26. The molecule has 0 atom stereocenters. The Kier molecular flexibility index (Phi) is 4.58. The Morgan fingerprint density at radius 3 is 2.47 bits per heavy atom. The zero-order valence-electron chi connectivity index (χ0n) is 12.1. The predicted molar refractivity (Wildman–Crippen MR) is 77.2 cm³/mol. The fraction of sp³-hybridized carbons (Fsp3) is 0.625. The Bertz CT molecular complexity index is 427. The zero-order chi connectivity index (χ0) is 13.9. The van der Waals surface area contributed by atoms with Crippen LogP contribution in [-0.2, 0) is 13.1 Å². The van der Waals surface area contributed by atoms with Crippen molar-refractivity contribution in [3.05, 3.63) is 35.1 Å². The first kappa shape index (κ1) is 14.5. The van der Waals surface area contributed by atoms with Crippen molar-refractivity contribution < 1.29 is 4.39 Å². The highest BCUT2D eigenvalue weighted by Gasteiger charge is 2.34. The highest BCUT2D eigenvalue weighted by molar-refractivity contribution is 5.24. The summed E-state index contributed by atoms with van der Waals surface area (Å²) < 4.78 is 13.5. The minimum atomic E-state index is -0.172. The fourth-order valence-corrected chi connectivity index (χ4v) is 3.17. The summed E-state index contributed by atoms with van der Waals surface area (Å²) in [5, 5.41) is 0. The Morgan fingerprint density at radius 1 is 1.21 bits per heavy atom. The Balaban J connectivity index is 2.05. The second-order valence-corrected chi connectivity index (χ2v) is 5.84. The first-order valence-corrected chi connectivity index (χ1v) is 7.31. The predicted octanol–water partition coefficient (Wildman–Crippen LogP) is 3.30. The van der Waals surface area contributed by atoms with Crippen LogP contribution < -0.4 is 5.73 Å². The van der Waals surface area contributed by atoms with E-state index in [0.717, 1.165) is 30.8 Å². The maximum absolute atomic E-state index is 13.5. The summed E-state index contributed by atoms with van der Waals surface area (Å²) in [5.74, 6) is -0.172. The molecule has 0 amide bonds. The van der Waals surface area contributed by atoms with Gasteiger partial charge in [-0.3, -0.25) is 4.90 Å². The second-order valence-electron chi connectivity index (χ2n) is 5.84. The molecule has 3 heteroatoms. The van der Waals surface area contributed by atoms with Gasteiger partial charge in [0.05, 0.1) is 0 Å². The van der Waals surface area contributed by atoms with Gasteiger partial charge in [0.15, 0.2) is 0 Å². The number of nitrogens with zero attached hydrogens (tertiary/aromatic N) is 1. The van der Waals surface area contributed by atoms with Gasteiger partial charge in [-0.1, -0.05) is 19.9 Å². The maximum atomic E-state index is 13.5. The number of likely N-dealkylation sites (tertiary alicyclic amines) is 1. The van der Waals surface area contributed by atoms with E-state index in [2.05, 4.69) is 18.7 Å². The molecule has 0 aliphatic carbocycles. The largest absolute Gasteiger partial charge is 0.326 e. The van der Waals surface area contributed by atoms with Crippen LogP contribution in [0.3, 0.4) is 0 Å². The van der Waals surface area contributed by atoms with Gasteiger partial charge in [-0.25, -0.2) is 4.39 Å². The van der Waals surface area contributed by atoms with Crippen LogP contribution in [0, 0.1) is 11.2 Å². The minimum Gasteiger partial charge on any atom is -0.326 e. The Morgan fingerprint density at radius 2 is 1.89 bits per heavy atom. The van der Waals surface area contributed by atoms with Crippen LogP contribution in [0.5, 0.6) is 0 Å². The molecule has 2 rings (SSSR count). The van der Waals surface area contributed by atoms with Gasteiger partial charge in [0.1, 0.15) is 5.82 Å². The van der Waals surface area contributed by atoms with Gasteiger partial charge >= 0.3 is 0 Å². The molecule has 1 aromatic carbocycles. The molecule has 1 saturated heterocycles. The van der Waals surface area contributed by atoms with E-state index in [4.69, 9.17) is 5.73 Å². The lowest BCUT2D eigenvalue weighted by molar-refractivity contribution is 0.236. The van der Waals surface area contributed by atoms with Crippen LogP contribution in [0.25, 0.3) is 0 Å². The van der Waals surface area contributed by atoms with Crippen molar-refractivity contribution in [2.45, 2.75) is 46.2 Å². The van der Waals surface area contributed by atoms with Crippen molar-refractivity contribution in [3.8, 4) is 0 Å². The summed E-state index contributed by atoms with van der Waals surface area (Å²) in [6.07, 6.45) is 3.73. The molecule has 1 aliphatic rings. The number of benzene rings is 1. The molecule has 1 heterocycles. The van der Waals surface area contributed by atoms with Crippen LogP contribution in [-0.4, -0.2) is 18.0 Å². The van der Waals surface area contributed by atoms with Crippen LogP contribution in [0.1, 0.15) is 44.2 Å². The summed E-state index contributed by atoms with van der Waals surface area (Å²) in [4.78, 5) is 2.45.